The van der Waals surface area contributed by atoms with Crippen LogP contribution in [-0.2, 0) is 23.0 Å². The number of anilines is 2. The quantitative estimate of drug-likeness (QED) is 0.567. The predicted octanol–water partition coefficient (Wildman–Crippen LogP) is 4.96. The van der Waals surface area contributed by atoms with Gasteiger partial charge in [-0.15, -0.1) is 0 Å². The summed E-state index contributed by atoms with van der Waals surface area (Å²) < 4.78 is 27.3. The second-order valence-electron chi connectivity index (χ2n) is 7.84. The first kappa shape index (κ1) is 20.7. The fourth-order valence-electron chi connectivity index (χ4n) is 3.76. The van der Waals surface area contributed by atoms with E-state index in [-0.39, 0.29) is 17.1 Å². The molecule has 1 aliphatic rings. The Labute approximate surface area is 182 Å². The van der Waals surface area contributed by atoms with Crippen molar-refractivity contribution in [2.24, 2.45) is 0 Å². The number of benzene rings is 3. The van der Waals surface area contributed by atoms with Gasteiger partial charge in [0.15, 0.2) is 0 Å². The topological polar surface area (TPSA) is 61.4 Å². The van der Waals surface area contributed by atoms with Gasteiger partial charge in [0.05, 0.1) is 16.3 Å². The molecule has 156 valence electrons. The Kier molecular flexibility index (Phi) is 5.49. The van der Waals surface area contributed by atoms with Crippen LogP contribution < -0.4 is 10.6 Å². The number of rotatable bonds is 6. The smallest absolute Gasteiger partial charge is 0.243 e. The SMILES string of the molecule is CN(Cc1cccc(Cl)c1)S(=O)(=O)c1ccc(CC2(C)Nc3ccccc3N2)cc1. The lowest BCUT2D eigenvalue weighted by atomic mass is 10.0. The van der Waals surface area contributed by atoms with Crippen molar-refractivity contribution in [1.29, 1.82) is 0 Å². The lowest BCUT2D eigenvalue weighted by Gasteiger charge is -2.26. The first-order valence-corrected chi connectivity index (χ1v) is 11.5. The van der Waals surface area contributed by atoms with E-state index >= 15 is 0 Å². The van der Waals surface area contributed by atoms with E-state index in [1.165, 1.54) is 4.31 Å². The van der Waals surface area contributed by atoms with Crippen LogP contribution in [0.4, 0.5) is 11.4 Å². The van der Waals surface area contributed by atoms with Crippen molar-refractivity contribution in [3.63, 3.8) is 0 Å². The van der Waals surface area contributed by atoms with Crippen molar-refractivity contribution >= 4 is 33.0 Å². The van der Waals surface area contributed by atoms with E-state index in [1.807, 2.05) is 48.5 Å². The molecule has 0 fully saturated rings. The molecule has 0 aliphatic carbocycles. The fraction of sp³-hybridized carbons (Fsp3) is 0.217. The molecule has 0 amide bonds. The summed E-state index contributed by atoms with van der Waals surface area (Å²) in [6.07, 6.45) is 0.709. The Bertz CT molecular complexity index is 1140. The van der Waals surface area contributed by atoms with Crippen LogP contribution in [0.25, 0.3) is 0 Å². The molecule has 1 heterocycles. The maximum atomic E-state index is 13.0. The van der Waals surface area contributed by atoms with Gasteiger partial charge in [-0.05, 0) is 54.4 Å². The first-order valence-electron chi connectivity index (χ1n) is 9.70. The lowest BCUT2D eigenvalue weighted by molar-refractivity contribution is 0.466. The van der Waals surface area contributed by atoms with E-state index < -0.39 is 10.0 Å². The minimum atomic E-state index is -3.59. The van der Waals surface area contributed by atoms with Crippen LogP contribution in [0.15, 0.2) is 77.7 Å². The third kappa shape index (κ3) is 4.31. The maximum Gasteiger partial charge on any atom is 0.243 e. The molecule has 0 atom stereocenters. The Hall–Kier alpha value is -2.54. The summed E-state index contributed by atoms with van der Waals surface area (Å²) >= 11 is 6.01. The molecule has 3 aromatic carbocycles. The Morgan fingerprint density at radius 3 is 2.13 bits per heavy atom. The molecule has 2 N–H and O–H groups in total. The van der Waals surface area contributed by atoms with Crippen LogP contribution in [0, 0.1) is 0 Å². The number of para-hydroxylation sites is 2. The van der Waals surface area contributed by atoms with Crippen LogP contribution in [0.3, 0.4) is 0 Å². The van der Waals surface area contributed by atoms with Crippen molar-refractivity contribution in [3.05, 3.63) is 88.9 Å². The van der Waals surface area contributed by atoms with Gasteiger partial charge in [0.25, 0.3) is 0 Å². The summed E-state index contributed by atoms with van der Waals surface area (Å²) in [7, 11) is -2.02. The van der Waals surface area contributed by atoms with E-state index in [0.29, 0.717) is 11.4 Å². The molecular formula is C23H24ClN3O2S. The summed E-state index contributed by atoms with van der Waals surface area (Å²) in [6, 6.07) is 22.4. The monoisotopic (exact) mass is 441 g/mol. The average molecular weight is 442 g/mol. The zero-order valence-electron chi connectivity index (χ0n) is 16.9. The molecule has 0 saturated carbocycles. The molecular weight excluding hydrogens is 418 g/mol. The molecule has 0 radical (unpaired) electrons. The highest BCUT2D eigenvalue weighted by molar-refractivity contribution is 7.89. The molecule has 0 saturated heterocycles. The molecule has 1 aliphatic heterocycles. The summed E-state index contributed by atoms with van der Waals surface area (Å²) in [6.45, 7) is 2.35. The van der Waals surface area contributed by atoms with Crippen molar-refractivity contribution in [2.75, 3.05) is 17.7 Å². The zero-order valence-corrected chi connectivity index (χ0v) is 18.5. The highest BCUT2D eigenvalue weighted by Gasteiger charge is 2.31. The Morgan fingerprint density at radius 2 is 1.53 bits per heavy atom. The number of halogens is 1. The molecule has 4 rings (SSSR count). The van der Waals surface area contributed by atoms with Crippen molar-refractivity contribution in [1.82, 2.24) is 4.31 Å². The summed E-state index contributed by atoms with van der Waals surface area (Å²) in [5.74, 6) is 0. The van der Waals surface area contributed by atoms with Gasteiger partial charge < -0.3 is 10.6 Å². The summed E-state index contributed by atoms with van der Waals surface area (Å²) in [4.78, 5) is 0.275. The molecule has 0 bridgehead atoms. The van der Waals surface area contributed by atoms with Gasteiger partial charge >= 0.3 is 0 Å². The van der Waals surface area contributed by atoms with Gasteiger partial charge in [0.2, 0.25) is 10.0 Å². The molecule has 3 aromatic rings. The van der Waals surface area contributed by atoms with E-state index in [0.717, 1.165) is 22.5 Å². The Balaban J connectivity index is 1.46. The highest BCUT2D eigenvalue weighted by atomic mass is 35.5. The number of nitrogens with zero attached hydrogens (tertiary/aromatic N) is 1. The minimum Gasteiger partial charge on any atom is -0.361 e. The third-order valence-corrected chi connectivity index (χ3v) is 7.28. The van der Waals surface area contributed by atoms with Gasteiger partial charge in [-0.1, -0.05) is 48.0 Å². The fourth-order valence-corrected chi connectivity index (χ4v) is 5.13. The second kappa shape index (κ2) is 7.95. The van der Waals surface area contributed by atoms with Crippen LogP contribution in [-0.4, -0.2) is 25.4 Å². The van der Waals surface area contributed by atoms with Gasteiger partial charge in [-0.25, -0.2) is 8.42 Å². The summed E-state index contributed by atoms with van der Waals surface area (Å²) in [5.41, 5.74) is 3.70. The van der Waals surface area contributed by atoms with Gasteiger partial charge in [0.1, 0.15) is 5.66 Å². The molecule has 5 nitrogen and oxygen atoms in total. The predicted molar refractivity (Wildman–Crippen MR) is 122 cm³/mol. The van der Waals surface area contributed by atoms with Gasteiger partial charge in [-0.3, -0.25) is 0 Å². The highest BCUT2D eigenvalue weighted by Crippen LogP contribution is 2.35. The van der Waals surface area contributed by atoms with Crippen molar-refractivity contribution < 1.29 is 8.42 Å². The number of hydrogen-bond acceptors (Lipinski definition) is 4. The van der Waals surface area contributed by atoms with E-state index in [2.05, 4.69) is 17.6 Å². The van der Waals surface area contributed by atoms with Gasteiger partial charge in [-0.2, -0.15) is 4.31 Å². The van der Waals surface area contributed by atoms with Crippen LogP contribution in [0.5, 0.6) is 0 Å². The standard InChI is InChI=1S/C23H24ClN3O2S/c1-23(25-21-8-3-4-9-22(21)26-23)15-17-10-12-20(13-11-17)30(28,29)27(2)16-18-6-5-7-19(24)14-18/h3-14,25-26H,15-16H2,1-2H3. The second-order valence-corrected chi connectivity index (χ2v) is 10.3. The molecule has 7 heteroatoms. The Morgan fingerprint density at radius 1 is 0.900 bits per heavy atom. The molecule has 0 aromatic heterocycles. The largest absolute Gasteiger partial charge is 0.361 e. The van der Waals surface area contributed by atoms with E-state index in [1.54, 1.807) is 31.3 Å². The van der Waals surface area contributed by atoms with Crippen molar-refractivity contribution in [2.45, 2.75) is 30.4 Å². The number of hydrogen-bond donors (Lipinski definition) is 2. The van der Waals surface area contributed by atoms with E-state index in [4.69, 9.17) is 11.6 Å². The third-order valence-electron chi connectivity index (χ3n) is 5.23. The van der Waals surface area contributed by atoms with Crippen LogP contribution in [0.2, 0.25) is 5.02 Å². The average Bonchev–Trinajstić information content (AvgIpc) is 3.04. The molecule has 0 unspecified atom stereocenters. The van der Waals surface area contributed by atoms with Crippen LogP contribution in [0.1, 0.15) is 18.1 Å². The minimum absolute atomic E-state index is 0.259. The number of nitrogens with one attached hydrogen (secondary N) is 2. The van der Waals surface area contributed by atoms with Crippen molar-refractivity contribution in [3.8, 4) is 0 Å². The lowest BCUT2D eigenvalue weighted by Crippen LogP contribution is -2.40. The number of sulfonamides is 1. The molecule has 30 heavy (non-hydrogen) atoms. The first-order chi connectivity index (χ1) is 14.2. The van der Waals surface area contributed by atoms with Gasteiger partial charge in [0, 0.05) is 25.0 Å². The normalized spacial score (nSPS) is 14.8. The molecule has 0 spiro atoms. The summed E-state index contributed by atoms with van der Waals surface area (Å²) in [5, 5.41) is 7.60. The maximum absolute atomic E-state index is 13.0. The zero-order chi connectivity index (χ0) is 21.4. The van der Waals surface area contributed by atoms with E-state index in [9.17, 15) is 8.42 Å². The number of fused-ring (bicyclic) bond motifs is 1. The van der Waals surface area contributed by atoms with Crippen LogP contribution >= 0.6 is 11.6 Å².